The van der Waals surface area contributed by atoms with Crippen LogP contribution in [0, 0.1) is 0 Å². The molecule has 0 heterocycles. The minimum atomic E-state index is -0.492. The van der Waals surface area contributed by atoms with Crippen LogP contribution in [0.4, 0.5) is 0 Å². The van der Waals surface area contributed by atoms with Crippen molar-refractivity contribution in [3.63, 3.8) is 0 Å². The Hall–Kier alpha value is -1.13. The Morgan fingerprint density at radius 3 is 2.18 bits per heavy atom. The number of hydrogen-bond donors (Lipinski definition) is 2. The summed E-state index contributed by atoms with van der Waals surface area (Å²) in [5, 5.41) is 19.2. The van der Waals surface area contributed by atoms with Crippen LogP contribution in [-0.2, 0) is 0 Å². The van der Waals surface area contributed by atoms with E-state index < -0.39 is 11.5 Å². The monoisotopic (exact) mass is 348 g/mol. The third-order valence-electron chi connectivity index (χ3n) is 3.53. The topological polar surface area (TPSA) is 66.8 Å². The van der Waals surface area contributed by atoms with Crippen molar-refractivity contribution in [2.75, 3.05) is 7.11 Å². The van der Waals surface area contributed by atoms with Crippen LogP contribution < -0.4 is 4.74 Å². The Balaban J connectivity index is 2.81. The van der Waals surface area contributed by atoms with Crippen molar-refractivity contribution in [3.05, 3.63) is 15.6 Å². The average Bonchev–Trinajstić information content (AvgIpc) is 2.51. The molecule has 22 heavy (non-hydrogen) atoms. The number of rotatable bonds is 9. The molecule has 0 aliphatic rings. The number of halogens is 2. The molecule has 6 heteroatoms. The summed E-state index contributed by atoms with van der Waals surface area (Å²) < 4.78 is 5.04. The van der Waals surface area contributed by atoms with Gasteiger partial charge in [0, 0.05) is 6.42 Å². The molecule has 2 N–H and O–H groups in total. The molecule has 0 spiro atoms. The molecular formula is C16H22Cl2O4. The van der Waals surface area contributed by atoms with Gasteiger partial charge in [-0.3, -0.25) is 4.79 Å². The maximum atomic E-state index is 12.3. The number of ketones is 1. The molecule has 0 aliphatic carbocycles. The first-order chi connectivity index (χ1) is 10.5. The van der Waals surface area contributed by atoms with E-state index in [0.29, 0.717) is 0 Å². The lowest BCUT2D eigenvalue weighted by atomic mass is 10.0. The lowest BCUT2D eigenvalue weighted by molar-refractivity contribution is 0.0973. The summed E-state index contributed by atoms with van der Waals surface area (Å²) in [5.41, 5.74) is -0.0659. The number of hydrogen-bond acceptors (Lipinski definition) is 4. The zero-order valence-corrected chi connectivity index (χ0v) is 14.4. The number of carbonyl (C=O) groups excluding carboxylic acids is 1. The third kappa shape index (κ3) is 4.43. The lowest BCUT2D eigenvalue weighted by Gasteiger charge is -2.14. The van der Waals surface area contributed by atoms with Gasteiger partial charge >= 0.3 is 0 Å². The lowest BCUT2D eigenvalue weighted by Crippen LogP contribution is -2.04. The van der Waals surface area contributed by atoms with E-state index in [9.17, 15) is 15.0 Å². The minimum Gasteiger partial charge on any atom is -0.505 e. The number of unbranched alkanes of at least 4 members (excludes halogenated alkanes) is 5. The van der Waals surface area contributed by atoms with Crippen LogP contribution in [0.2, 0.25) is 10.0 Å². The van der Waals surface area contributed by atoms with Gasteiger partial charge in [0.15, 0.2) is 23.0 Å². The SMILES string of the molecule is CCCCCCCCC(=O)c1c(O)c(Cl)c(O)c(Cl)c1OC. The fraction of sp³-hybridized carbons (Fsp3) is 0.562. The molecule has 1 rings (SSSR count). The van der Waals surface area contributed by atoms with Gasteiger partial charge in [-0.15, -0.1) is 0 Å². The van der Waals surface area contributed by atoms with Gasteiger partial charge in [0.2, 0.25) is 0 Å². The Labute approximate surface area is 141 Å². The summed E-state index contributed by atoms with van der Waals surface area (Å²) in [6.45, 7) is 2.15. The highest BCUT2D eigenvalue weighted by molar-refractivity contribution is 6.40. The van der Waals surface area contributed by atoms with Crippen molar-refractivity contribution in [2.45, 2.75) is 51.9 Å². The molecule has 0 aliphatic heterocycles. The zero-order valence-electron chi connectivity index (χ0n) is 12.9. The van der Waals surface area contributed by atoms with E-state index in [-0.39, 0.29) is 33.6 Å². The van der Waals surface area contributed by atoms with Gasteiger partial charge in [0.05, 0.1) is 7.11 Å². The second kappa shape index (κ2) is 9.11. The van der Waals surface area contributed by atoms with Crippen molar-refractivity contribution in [3.8, 4) is 17.2 Å². The van der Waals surface area contributed by atoms with Crippen LogP contribution in [0.3, 0.4) is 0 Å². The Bertz CT molecular complexity index is 530. The molecule has 0 amide bonds. The highest BCUT2D eigenvalue weighted by Gasteiger charge is 2.26. The third-order valence-corrected chi connectivity index (χ3v) is 4.24. The van der Waals surface area contributed by atoms with E-state index in [1.54, 1.807) is 0 Å². The standard InChI is InChI=1S/C16H22Cl2O4/c1-3-4-5-6-7-8-9-10(19)11-14(20)12(17)15(21)13(18)16(11)22-2/h20-21H,3-9H2,1-2H3. The first kappa shape index (κ1) is 18.9. The van der Waals surface area contributed by atoms with Crippen molar-refractivity contribution >= 4 is 29.0 Å². The highest BCUT2D eigenvalue weighted by atomic mass is 35.5. The van der Waals surface area contributed by atoms with Gasteiger partial charge in [-0.05, 0) is 6.42 Å². The Kier molecular flexibility index (Phi) is 7.83. The molecule has 4 nitrogen and oxygen atoms in total. The predicted octanol–water partition coefficient (Wildman–Crippen LogP) is 5.35. The number of phenolic OH excluding ortho intramolecular Hbond substituents is 2. The molecule has 1 aromatic rings. The van der Waals surface area contributed by atoms with Crippen LogP contribution >= 0.6 is 23.2 Å². The summed E-state index contributed by atoms with van der Waals surface area (Å²) in [7, 11) is 1.32. The molecule has 0 bridgehead atoms. The van der Waals surface area contributed by atoms with Crippen molar-refractivity contribution in [1.82, 2.24) is 0 Å². The van der Waals surface area contributed by atoms with Crippen LogP contribution in [0.1, 0.15) is 62.2 Å². The molecular weight excluding hydrogens is 327 g/mol. The van der Waals surface area contributed by atoms with Crippen molar-refractivity contribution < 1.29 is 19.7 Å². The molecule has 0 saturated heterocycles. The molecule has 124 valence electrons. The van der Waals surface area contributed by atoms with Gasteiger partial charge in [-0.2, -0.15) is 0 Å². The Morgan fingerprint density at radius 1 is 1.00 bits per heavy atom. The number of aromatic hydroxyl groups is 2. The molecule has 0 saturated carbocycles. The molecule has 0 fully saturated rings. The molecule has 0 unspecified atom stereocenters. The van der Waals surface area contributed by atoms with E-state index in [2.05, 4.69) is 6.92 Å². The highest BCUT2D eigenvalue weighted by Crippen LogP contribution is 2.48. The maximum Gasteiger partial charge on any atom is 0.170 e. The quantitative estimate of drug-likeness (QED) is 0.466. The number of ether oxygens (including phenoxy) is 1. The molecule has 0 radical (unpaired) electrons. The zero-order chi connectivity index (χ0) is 16.7. The normalized spacial score (nSPS) is 10.7. The number of Topliss-reactive ketones (excluding diaryl/α,β-unsaturated/α-hetero) is 1. The molecule has 0 atom stereocenters. The first-order valence-corrected chi connectivity index (χ1v) is 8.21. The molecule has 1 aromatic carbocycles. The number of methoxy groups -OCH3 is 1. The fourth-order valence-electron chi connectivity index (χ4n) is 2.28. The van der Waals surface area contributed by atoms with Crippen molar-refractivity contribution in [2.24, 2.45) is 0 Å². The fourth-order valence-corrected chi connectivity index (χ4v) is 2.79. The van der Waals surface area contributed by atoms with E-state index in [0.717, 1.165) is 25.7 Å². The second-order valence-electron chi connectivity index (χ2n) is 5.17. The number of phenols is 2. The van der Waals surface area contributed by atoms with E-state index >= 15 is 0 Å². The van der Waals surface area contributed by atoms with Crippen molar-refractivity contribution in [1.29, 1.82) is 0 Å². The summed E-state index contributed by atoms with van der Waals surface area (Å²) in [4.78, 5) is 12.3. The predicted molar refractivity (Wildman–Crippen MR) is 88.7 cm³/mol. The largest absolute Gasteiger partial charge is 0.505 e. The maximum absolute atomic E-state index is 12.3. The van der Waals surface area contributed by atoms with E-state index in [4.69, 9.17) is 27.9 Å². The summed E-state index contributed by atoms with van der Waals surface area (Å²) >= 11 is 11.7. The first-order valence-electron chi connectivity index (χ1n) is 7.45. The number of benzene rings is 1. The van der Waals surface area contributed by atoms with Gasteiger partial charge in [-0.1, -0.05) is 62.2 Å². The van der Waals surface area contributed by atoms with Crippen LogP contribution in [0.15, 0.2) is 0 Å². The van der Waals surface area contributed by atoms with Crippen LogP contribution in [0.5, 0.6) is 17.2 Å². The molecule has 0 aromatic heterocycles. The van der Waals surface area contributed by atoms with Gasteiger partial charge in [-0.25, -0.2) is 0 Å². The summed E-state index contributed by atoms with van der Waals surface area (Å²) in [5.74, 6) is -1.32. The minimum absolute atomic E-state index is 0.0444. The van der Waals surface area contributed by atoms with E-state index in [1.807, 2.05) is 0 Å². The summed E-state index contributed by atoms with van der Waals surface area (Å²) in [6, 6.07) is 0. The number of carbonyl (C=O) groups is 1. The smallest absolute Gasteiger partial charge is 0.170 e. The van der Waals surface area contributed by atoms with Crippen LogP contribution in [-0.4, -0.2) is 23.1 Å². The van der Waals surface area contributed by atoms with E-state index in [1.165, 1.54) is 20.0 Å². The Morgan fingerprint density at radius 2 is 1.59 bits per heavy atom. The van der Waals surface area contributed by atoms with Gasteiger partial charge in [0.1, 0.15) is 15.6 Å². The van der Waals surface area contributed by atoms with Gasteiger partial charge in [0.25, 0.3) is 0 Å². The second-order valence-corrected chi connectivity index (χ2v) is 5.93. The van der Waals surface area contributed by atoms with Gasteiger partial charge < -0.3 is 14.9 Å². The van der Waals surface area contributed by atoms with Crippen LogP contribution in [0.25, 0.3) is 0 Å². The summed E-state index contributed by atoms with van der Waals surface area (Å²) in [6.07, 6.45) is 6.57. The average molecular weight is 349 g/mol.